The average Bonchev–Trinajstić information content (AvgIpc) is 3.27. The van der Waals surface area contributed by atoms with Crippen LogP contribution in [-0.2, 0) is 16.0 Å². The molecule has 1 saturated heterocycles. The van der Waals surface area contributed by atoms with Gasteiger partial charge in [-0.3, -0.25) is 9.69 Å². The molecule has 0 spiro atoms. The van der Waals surface area contributed by atoms with Crippen LogP contribution in [0.5, 0.6) is 0 Å². The van der Waals surface area contributed by atoms with Crippen molar-refractivity contribution in [3.05, 3.63) is 39.0 Å². The molecule has 1 atom stereocenters. The van der Waals surface area contributed by atoms with E-state index in [9.17, 15) is 4.79 Å². The van der Waals surface area contributed by atoms with Crippen molar-refractivity contribution in [3.63, 3.8) is 0 Å². The van der Waals surface area contributed by atoms with E-state index in [2.05, 4.69) is 32.0 Å². The Hall–Kier alpha value is -1.28. The lowest BCUT2D eigenvalue weighted by atomic mass is 10.1. The van der Waals surface area contributed by atoms with Crippen LogP contribution in [0, 0.1) is 0 Å². The molecule has 3 heterocycles. The number of hydrogen-bond donors (Lipinski definition) is 1. The first-order valence-corrected chi connectivity index (χ1v) is 9.63. The molecule has 1 fully saturated rings. The van der Waals surface area contributed by atoms with Gasteiger partial charge in [0.2, 0.25) is 5.91 Å². The summed E-state index contributed by atoms with van der Waals surface area (Å²) in [5, 5.41) is 10.3. The van der Waals surface area contributed by atoms with Gasteiger partial charge < -0.3 is 10.1 Å². The number of nitrogens with one attached hydrogen (secondary N) is 1. The Kier molecular flexibility index (Phi) is 6.15. The van der Waals surface area contributed by atoms with E-state index < -0.39 is 0 Å². The van der Waals surface area contributed by atoms with Crippen LogP contribution in [0.15, 0.2) is 28.4 Å². The number of thiophene rings is 1. The van der Waals surface area contributed by atoms with Crippen LogP contribution in [0.3, 0.4) is 0 Å². The number of nitrogens with zero attached hydrogens (tertiary/aromatic N) is 2. The van der Waals surface area contributed by atoms with E-state index in [1.54, 1.807) is 28.9 Å². The highest BCUT2D eigenvalue weighted by molar-refractivity contribution is 7.09. The monoisotopic (exact) mass is 351 g/mol. The van der Waals surface area contributed by atoms with Gasteiger partial charge in [0.1, 0.15) is 5.01 Å². The molecule has 0 aliphatic carbocycles. The van der Waals surface area contributed by atoms with Crippen molar-refractivity contribution in [2.24, 2.45) is 0 Å². The summed E-state index contributed by atoms with van der Waals surface area (Å²) in [6.07, 6.45) is 3.10. The summed E-state index contributed by atoms with van der Waals surface area (Å²) >= 11 is 3.27. The van der Waals surface area contributed by atoms with Gasteiger partial charge in [-0.15, -0.1) is 11.3 Å². The third-order valence-corrected chi connectivity index (χ3v) is 5.48. The molecule has 1 aliphatic heterocycles. The molecule has 0 saturated carbocycles. The van der Waals surface area contributed by atoms with E-state index in [1.807, 2.05) is 5.38 Å². The topological polar surface area (TPSA) is 54.5 Å². The van der Waals surface area contributed by atoms with Gasteiger partial charge in [0.15, 0.2) is 0 Å². The molecule has 0 aromatic carbocycles. The largest absolute Gasteiger partial charge is 0.379 e. The van der Waals surface area contributed by atoms with Gasteiger partial charge in [0.05, 0.1) is 19.3 Å². The Labute approximate surface area is 144 Å². The third-order valence-electron chi connectivity index (χ3n) is 3.86. The Morgan fingerprint density at radius 2 is 2.26 bits per heavy atom. The van der Waals surface area contributed by atoms with Crippen LogP contribution >= 0.6 is 22.7 Å². The lowest BCUT2D eigenvalue weighted by Gasteiger charge is -2.26. The molecule has 0 radical (unpaired) electrons. The number of carbonyl (C=O) groups is 1. The fraction of sp³-hybridized carbons (Fsp3) is 0.500. The zero-order chi connectivity index (χ0) is 15.9. The summed E-state index contributed by atoms with van der Waals surface area (Å²) in [5.41, 5.74) is 1.24. The van der Waals surface area contributed by atoms with Crippen LogP contribution in [0.1, 0.15) is 23.0 Å². The van der Waals surface area contributed by atoms with Gasteiger partial charge in [0.25, 0.3) is 0 Å². The number of ether oxygens (including phenoxy) is 1. The molecule has 1 amide bonds. The minimum Gasteiger partial charge on any atom is -0.379 e. The zero-order valence-corrected chi connectivity index (χ0v) is 14.6. The SMILES string of the molecule is O=C(CCN1CCOCC1)N[C@@H](Cc1ccsc1)c1nccs1. The molecule has 0 unspecified atom stereocenters. The molecular formula is C16H21N3O2S2. The van der Waals surface area contributed by atoms with Crippen LogP contribution in [0.25, 0.3) is 0 Å². The summed E-state index contributed by atoms with van der Waals surface area (Å²) in [6.45, 7) is 4.15. The molecule has 2 aromatic rings. The van der Waals surface area contributed by atoms with Gasteiger partial charge in [-0.05, 0) is 22.4 Å². The quantitative estimate of drug-likeness (QED) is 0.832. The molecule has 7 heteroatoms. The smallest absolute Gasteiger partial charge is 0.221 e. The maximum Gasteiger partial charge on any atom is 0.221 e. The fourth-order valence-corrected chi connectivity index (χ4v) is 3.97. The Morgan fingerprint density at radius 3 is 2.96 bits per heavy atom. The van der Waals surface area contributed by atoms with Crippen LogP contribution in [0.4, 0.5) is 0 Å². The number of aromatic nitrogens is 1. The molecule has 23 heavy (non-hydrogen) atoms. The minimum absolute atomic E-state index is 0.0400. The number of thiazole rings is 1. The highest BCUT2D eigenvalue weighted by atomic mass is 32.1. The molecule has 124 valence electrons. The standard InChI is InChI=1S/C16H21N3O2S2/c20-15(1-4-19-5-7-21-8-6-19)18-14(16-17-3-10-23-16)11-13-2-9-22-12-13/h2-3,9-10,12,14H,1,4-8,11H2,(H,18,20)/t14-/m0/s1. The lowest BCUT2D eigenvalue weighted by Crippen LogP contribution is -2.39. The van der Waals surface area contributed by atoms with Gasteiger partial charge in [-0.1, -0.05) is 0 Å². The van der Waals surface area contributed by atoms with Crippen molar-refractivity contribution in [2.45, 2.75) is 18.9 Å². The number of amides is 1. The second kappa shape index (κ2) is 8.54. The molecule has 3 rings (SSSR count). The van der Waals surface area contributed by atoms with E-state index in [0.717, 1.165) is 44.3 Å². The number of morpholine rings is 1. The maximum absolute atomic E-state index is 12.3. The number of hydrogen-bond acceptors (Lipinski definition) is 6. The van der Waals surface area contributed by atoms with E-state index in [1.165, 1.54) is 5.56 Å². The van der Waals surface area contributed by atoms with Gasteiger partial charge in [0, 0.05) is 44.1 Å². The predicted octanol–water partition coefficient (Wildman–Crippen LogP) is 2.33. The first-order valence-electron chi connectivity index (χ1n) is 7.81. The Morgan fingerprint density at radius 1 is 1.39 bits per heavy atom. The van der Waals surface area contributed by atoms with Crippen LogP contribution in [-0.4, -0.2) is 48.6 Å². The highest BCUT2D eigenvalue weighted by Crippen LogP contribution is 2.22. The molecule has 1 aliphatic rings. The van der Waals surface area contributed by atoms with Crippen molar-refractivity contribution in [1.82, 2.24) is 15.2 Å². The minimum atomic E-state index is -0.0400. The Balaban J connectivity index is 1.53. The molecule has 1 N–H and O–H groups in total. The number of rotatable bonds is 7. The van der Waals surface area contributed by atoms with Crippen molar-refractivity contribution in [1.29, 1.82) is 0 Å². The molecular weight excluding hydrogens is 330 g/mol. The van der Waals surface area contributed by atoms with Crippen molar-refractivity contribution < 1.29 is 9.53 Å². The first-order chi connectivity index (χ1) is 11.3. The summed E-state index contributed by atoms with van der Waals surface area (Å²) in [7, 11) is 0. The maximum atomic E-state index is 12.3. The fourth-order valence-electron chi connectivity index (χ4n) is 2.60. The average molecular weight is 351 g/mol. The zero-order valence-electron chi connectivity index (χ0n) is 12.9. The van der Waals surface area contributed by atoms with Crippen molar-refractivity contribution in [2.75, 3.05) is 32.8 Å². The normalized spacial score (nSPS) is 17.0. The molecule has 2 aromatic heterocycles. The van der Waals surface area contributed by atoms with Crippen molar-refractivity contribution >= 4 is 28.6 Å². The van der Waals surface area contributed by atoms with E-state index in [-0.39, 0.29) is 11.9 Å². The van der Waals surface area contributed by atoms with Crippen LogP contribution < -0.4 is 5.32 Å². The van der Waals surface area contributed by atoms with E-state index in [0.29, 0.717) is 6.42 Å². The lowest BCUT2D eigenvalue weighted by molar-refractivity contribution is -0.122. The predicted molar refractivity (Wildman–Crippen MR) is 92.9 cm³/mol. The van der Waals surface area contributed by atoms with Gasteiger partial charge >= 0.3 is 0 Å². The Bertz CT molecular complexity index is 581. The van der Waals surface area contributed by atoms with Gasteiger partial charge in [-0.25, -0.2) is 4.98 Å². The summed E-state index contributed by atoms with van der Waals surface area (Å²) in [6, 6.07) is 2.06. The summed E-state index contributed by atoms with van der Waals surface area (Å²) < 4.78 is 5.33. The second-order valence-corrected chi connectivity index (χ2v) is 7.24. The first kappa shape index (κ1) is 16.6. The van der Waals surface area contributed by atoms with E-state index in [4.69, 9.17) is 4.74 Å². The number of carbonyl (C=O) groups excluding carboxylic acids is 1. The summed E-state index contributed by atoms with van der Waals surface area (Å²) in [4.78, 5) is 19.0. The van der Waals surface area contributed by atoms with Gasteiger partial charge in [-0.2, -0.15) is 11.3 Å². The summed E-state index contributed by atoms with van der Waals surface area (Å²) in [5.74, 6) is 0.0897. The molecule has 5 nitrogen and oxygen atoms in total. The molecule has 0 bridgehead atoms. The second-order valence-electron chi connectivity index (χ2n) is 5.53. The third kappa shape index (κ3) is 5.10. The highest BCUT2D eigenvalue weighted by Gasteiger charge is 2.19. The van der Waals surface area contributed by atoms with Crippen LogP contribution in [0.2, 0.25) is 0 Å². The van der Waals surface area contributed by atoms with Crippen molar-refractivity contribution in [3.8, 4) is 0 Å². The van der Waals surface area contributed by atoms with E-state index >= 15 is 0 Å².